The first-order chi connectivity index (χ1) is 8.08. The van der Waals surface area contributed by atoms with Gasteiger partial charge in [-0.3, -0.25) is 4.90 Å². The van der Waals surface area contributed by atoms with E-state index in [9.17, 15) is 0 Å². The first-order valence-electron chi connectivity index (χ1n) is 5.94. The fourth-order valence-electron chi connectivity index (χ4n) is 1.83. The number of anilines is 2. The summed E-state index contributed by atoms with van der Waals surface area (Å²) in [5.74, 6) is 0.768. The molecule has 1 aliphatic carbocycles. The number of halogens is 1. The Morgan fingerprint density at radius 3 is 2.94 bits per heavy atom. The van der Waals surface area contributed by atoms with Crippen molar-refractivity contribution in [3.05, 3.63) is 16.7 Å². The molecule has 0 spiro atoms. The first kappa shape index (κ1) is 12.6. The van der Waals surface area contributed by atoms with Crippen LogP contribution in [0.2, 0.25) is 0 Å². The maximum Gasteiger partial charge on any atom is 0.149 e. The first-order valence-corrected chi connectivity index (χ1v) is 6.74. The molecule has 0 saturated heterocycles. The fraction of sp³-hybridized carbons (Fsp3) is 0.583. The summed E-state index contributed by atoms with van der Waals surface area (Å²) in [5.41, 5.74) is 6.57. The number of hydrogen-bond donors (Lipinski definition) is 2. The van der Waals surface area contributed by atoms with E-state index < -0.39 is 0 Å². The largest absolute Gasteiger partial charge is 0.396 e. The number of aromatic nitrogens is 1. The average Bonchev–Trinajstić information content (AvgIpc) is 3.10. The molecule has 1 unspecified atom stereocenters. The van der Waals surface area contributed by atoms with Crippen molar-refractivity contribution in [2.75, 3.05) is 24.6 Å². The van der Waals surface area contributed by atoms with Crippen molar-refractivity contribution in [2.45, 2.75) is 31.8 Å². The number of nitrogen functional groups attached to an aromatic ring is 1. The van der Waals surface area contributed by atoms with Crippen LogP contribution in [-0.2, 0) is 0 Å². The van der Waals surface area contributed by atoms with Crippen LogP contribution >= 0.6 is 15.9 Å². The summed E-state index contributed by atoms with van der Waals surface area (Å²) < 4.78 is 0.906. The zero-order valence-electron chi connectivity index (χ0n) is 10.3. The van der Waals surface area contributed by atoms with Crippen LogP contribution in [0.5, 0.6) is 0 Å². The molecule has 1 aromatic heterocycles. The molecule has 94 valence electrons. The van der Waals surface area contributed by atoms with Gasteiger partial charge in [-0.1, -0.05) is 0 Å². The van der Waals surface area contributed by atoms with Gasteiger partial charge in [0.2, 0.25) is 0 Å². The molecular weight excluding hydrogens is 280 g/mol. The molecule has 5 heteroatoms. The number of rotatable bonds is 5. The third-order valence-corrected chi connectivity index (χ3v) is 3.70. The minimum Gasteiger partial charge on any atom is -0.396 e. The Hall–Kier alpha value is -0.810. The minimum absolute atomic E-state index is 0.493. The van der Waals surface area contributed by atoms with Crippen molar-refractivity contribution in [3.8, 4) is 0 Å². The van der Waals surface area contributed by atoms with Crippen LogP contribution in [0.4, 0.5) is 11.5 Å². The lowest BCUT2D eigenvalue weighted by Gasteiger charge is -2.25. The molecule has 2 rings (SSSR count). The number of nitrogens with one attached hydrogen (secondary N) is 1. The highest BCUT2D eigenvalue weighted by molar-refractivity contribution is 9.10. The number of hydrogen-bond acceptors (Lipinski definition) is 4. The van der Waals surface area contributed by atoms with Crippen LogP contribution in [0, 0.1) is 0 Å². The molecule has 17 heavy (non-hydrogen) atoms. The summed E-state index contributed by atoms with van der Waals surface area (Å²) in [4.78, 5) is 6.69. The van der Waals surface area contributed by atoms with E-state index in [1.807, 2.05) is 6.07 Å². The average molecular weight is 299 g/mol. The summed E-state index contributed by atoms with van der Waals surface area (Å²) in [6.45, 7) is 3.09. The van der Waals surface area contributed by atoms with Crippen molar-refractivity contribution in [1.29, 1.82) is 0 Å². The van der Waals surface area contributed by atoms with Crippen molar-refractivity contribution >= 4 is 27.4 Å². The Labute approximate surface area is 111 Å². The summed E-state index contributed by atoms with van der Waals surface area (Å²) >= 11 is 3.35. The summed E-state index contributed by atoms with van der Waals surface area (Å²) in [6.07, 6.45) is 4.42. The van der Waals surface area contributed by atoms with E-state index in [1.54, 1.807) is 6.20 Å². The molecule has 0 aromatic carbocycles. The van der Waals surface area contributed by atoms with Gasteiger partial charge in [-0.15, -0.1) is 0 Å². The zero-order valence-corrected chi connectivity index (χ0v) is 11.9. The molecule has 1 atom stereocenters. The van der Waals surface area contributed by atoms with Gasteiger partial charge in [-0.05, 0) is 48.8 Å². The van der Waals surface area contributed by atoms with Gasteiger partial charge in [-0.2, -0.15) is 0 Å². The molecular formula is C12H19BrN4. The normalized spacial score (nSPS) is 17.2. The van der Waals surface area contributed by atoms with Gasteiger partial charge in [0, 0.05) is 29.3 Å². The Bertz CT molecular complexity index is 392. The van der Waals surface area contributed by atoms with Gasteiger partial charge in [0.1, 0.15) is 5.82 Å². The van der Waals surface area contributed by atoms with Gasteiger partial charge < -0.3 is 11.1 Å². The predicted molar refractivity (Wildman–Crippen MR) is 75.1 cm³/mol. The maximum atomic E-state index is 5.89. The molecule has 0 bridgehead atoms. The number of pyridine rings is 1. The van der Waals surface area contributed by atoms with E-state index >= 15 is 0 Å². The zero-order chi connectivity index (χ0) is 12.4. The highest BCUT2D eigenvalue weighted by atomic mass is 79.9. The van der Waals surface area contributed by atoms with Gasteiger partial charge in [-0.25, -0.2) is 4.98 Å². The lowest BCUT2D eigenvalue weighted by molar-refractivity contribution is 0.257. The van der Waals surface area contributed by atoms with E-state index in [2.05, 4.69) is 45.1 Å². The second kappa shape index (κ2) is 5.23. The predicted octanol–water partition coefficient (Wildman–Crippen LogP) is 2.32. The number of nitrogens with zero attached hydrogens (tertiary/aromatic N) is 2. The molecule has 0 radical (unpaired) electrons. The summed E-state index contributed by atoms with van der Waals surface area (Å²) in [7, 11) is 2.18. The van der Waals surface area contributed by atoms with Crippen LogP contribution < -0.4 is 11.1 Å². The molecule has 1 heterocycles. The van der Waals surface area contributed by atoms with Crippen molar-refractivity contribution in [2.24, 2.45) is 0 Å². The van der Waals surface area contributed by atoms with E-state index in [0.29, 0.717) is 11.7 Å². The molecule has 1 saturated carbocycles. The van der Waals surface area contributed by atoms with Crippen LogP contribution in [0.1, 0.15) is 19.8 Å². The molecule has 3 N–H and O–H groups in total. The van der Waals surface area contributed by atoms with Gasteiger partial charge in [0.05, 0.1) is 5.69 Å². The van der Waals surface area contributed by atoms with Crippen LogP contribution in [0.15, 0.2) is 16.7 Å². The number of likely N-dealkylation sites (N-methyl/N-ethyl adjacent to an activating group) is 1. The highest BCUT2D eigenvalue weighted by Crippen LogP contribution is 2.27. The van der Waals surface area contributed by atoms with Crippen LogP contribution in [-0.4, -0.2) is 35.6 Å². The molecule has 1 aromatic rings. The van der Waals surface area contributed by atoms with Crippen molar-refractivity contribution < 1.29 is 0 Å². The van der Waals surface area contributed by atoms with E-state index in [1.165, 1.54) is 12.8 Å². The monoisotopic (exact) mass is 298 g/mol. The Morgan fingerprint density at radius 1 is 1.65 bits per heavy atom. The van der Waals surface area contributed by atoms with Crippen molar-refractivity contribution in [3.63, 3.8) is 0 Å². The second-order valence-electron chi connectivity index (χ2n) is 4.72. The van der Waals surface area contributed by atoms with Gasteiger partial charge in [0.25, 0.3) is 0 Å². The smallest absolute Gasteiger partial charge is 0.149 e. The molecule has 1 aliphatic rings. The maximum absolute atomic E-state index is 5.89. The van der Waals surface area contributed by atoms with E-state index in [4.69, 9.17) is 5.73 Å². The summed E-state index contributed by atoms with van der Waals surface area (Å²) in [6, 6.07) is 3.14. The third-order valence-electron chi connectivity index (χ3n) is 3.27. The Kier molecular flexibility index (Phi) is 3.89. The van der Waals surface area contributed by atoms with Crippen molar-refractivity contribution in [1.82, 2.24) is 9.88 Å². The third kappa shape index (κ3) is 3.33. The topological polar surface area (TPSA) is 54.2 Å². The molecule has 1 fully saturated rings. The SMILES string of the molecule is CC(CNc1ncc(Br)cc1N)N(C)C1CC1. The van der Waals surface area contributed by atoms with Gasteiger partial charge >= 0.3 is 0 Å². The highest BCUT2D eigenvalue weighted by Gasteiger charge is 2.28. The van der Waals surface area contributed by atoms with Gasteiger partial charge in [0.15, 0.2) is 0 Å². The lowest BCUT2D eigenvalue weighted by atomic mass is 10.3. The standard InChI is InChI=1S/C12H19BrN4/c1-8(17(2)10-3-4-10)6-15-12-11(14)5-9(13)7-16-12/h5,7-8,10H,3-4,6,14H2,1-2H3,(H,15,16). The minimum atomic E-state index is 0.493. The molecule has 0 amide bonds. The summed E-state index contributed by atoms with van der Waals surface area (Å²) in [5, 5.41) is 3.30. The Balaban J connectivity index is 1.88. The molecule has 0 aliphatic heterocycles. The molecule has 4 nitrogen and oxygen atoms in total. The fourth-order valence-corrected chi connectivity index (χ4v) is 2.18. The lowest BCUT2D eigenvalue weighted by Crippen LogP contribution is -2.36. The second-order valence-corrected chi connectivity index (χ2v) is 5.63. The van der Waals surface area contributed by atoms with Crippen LogP contribution in [0.3, 0.4) is 0 Å². The number of nitrogens with two attached hydrogens (primary N) is 1. The quantitative estimate of drug-likeness (QED) is 0.876. The Morgan fingerprint density at radius 2 is 2.35 bits per heavy atom. The van der Waals surface area contributed by atoms with E-state index in [0.717, 1.165) is 22.9 Å². The van der Waals surface area contributed by atoms with E-state index in [-0.39, 0.29) is 0 Å². The van der Waals surface area contributed by atoms with Crippen LogP contribution in [0.25, 0.3) is 0 Å².